The van der Waals surface area contributed by atoms with Gasteiger partial charge in [0, 0.05) is 19.9 Å². The Balaban J connectivity index is 2.15. The minimum atomic E-state index is 0.713. The Hall–Kier alpha value is -1.03. The number of nitrogens with one attached hydrogen (secondary N) is 2. The lowest BCUT2D eigenvalue weighted by Gasteiger charge is -1.99. The molecule has 0 bridgehead atoms. The third-order valence-corrected chi connectivity index (χ3v) is 1.13. The van der Waals surface area contributed by atoms with Gasteiger partial charge in [-0.3, -0.25) is 5.10 Å². The van der Waals surface area contributed by atoms with Crippen LogP contribution in [0.15, 0.2) is 12.4 Å². The lowest BCUT2D eigenvalue weighted by Crippen LogP contribution is -2.06. The molecule has 1 heterocycles. The second-order valence-electron chi connectivity index (χ2n) is 1.91. The number of nitrogens with zero attached hydrogens (tertiary/aromatic N) is 1. The van der Waals surface area contributed by atoms with Gasteiger partial charge in [0.25, 0.3) is 0 Å². The number of aromatic nitrogens is 2. The number of rotatable bonds is 4. The molecule has 0 saturated carbocycles. The van der Waals surface area contributed by atoms with Crippen LogP contribution in [0.5, 0.6) is 0 Å². The summed E-state index contributed by atoms with van der Waals surface area (Å²) >= 11 is 0. The van der Waals surface area contributed by atoms with Crippen molar-refractivity contribution in [2.75, 3.05) is 25.6 Å². The number of hydrogen-bond acceptors (Lipinski definition) is 3. The maximum Gasteiger partial charge on any atom is 0.0724 e. The molecule has 1 aromatic rings. The van der Waals surface area contributed by atoms with Crippen LogP contribution in [0.1, 0.15) is 0 Å². The minimum absolute atomic E-state index is 0.713. The molecule has 10 heavy (non-hydrogen) atoms. The molecule has 0 aliphatic heterocycles. The molecular formula is C6H11N3O. The molecule has 0 amide bonds. The Labute approximate surface area is 59.6 Å². The van der Waals surface area contributed by atoms with Crippen molar-refractivity contribution >= 4 is 5.69 Å². The predicted molar refractivity (Wildman–Crippen MR) is 39.0 cm³/mol. The summed E-state index contributed by atoms with van der Waals surface area (Å²) in [7, 11) is 1.68. The Morgan fingerprint density at radius 2 is 2.70 bits per heavy atom. The predicted octanol–water partition coefficient (Wildman–Crippen LogP) is 0.468. The molecule has 0 spiro atoms. The molecule has 1 rings (SSSR count). The average molecular weight is 141 g/mol. The largest absolute Gasteiger partial charge is 0.383 e. The zero-order chi connectivity index (χ0) is 7.23. The summed E-state index contributed by atoms with van der Waals surface area (Å²) in [6.07, 6.45) is 3.53. The quantitative estimate of drug-likeness (QED) is 0.599. The van der Waals surface area contributed by atoms with Gasteiger partial charge < -0.3 is 10.1 Å². The summed E-state index contributed by atoms with van der Waals surface area (Å²) in [6.45, 7) is 1.53. The van der Waals surface area contributed by atoms with E-state index in [9.17, 15) is 0 Å². The maximum atomic E-state index is 4.85. The molecule has 0 unspecified atom stereocenters. The second-order valence-corrected chi connectivity index (χ2v) is 1.91. The molecule has 0 fully saturated rings. The van der Waals surface area contributed by atoms with Crippen LogP contribution in [0.3, 0.4) is 0 Å². The number of hydrogen-bond donors (Lipinski definition) is 2. The number of aromatic amines is 1. The average Bonchev–Trinajstić information content (AvgIpc) is 2.41. The highest BCUT2D eigenvalue weighted by atomic mass is 16.5. The van der Waals surface area contributed by atoms with Crippen molar-refractivity contribution in [3.05, 3.63) is 12.4 Å². The standard InChI is InChI=1S/C6H11N3O/c1-10-3-2-7-6-4-8-9-5-6/h4-5,7H,2-3H2,1H3,(H,8,9). The van der Waals surface area contributed by atoms with E-state index in [2.05, 4.69) is 15.5 Å². The van der Waals surface area contributed by atoms with Gasteiger partial charge in [0.15, 0.2) is 0 Å². The van der Waals surface area contributed by atoms with Crippen LogP contribution in [-0.4, -0.2) is 30.5 Å². The van der Waals surface area contributed by atoms with Gasteiger partial charge in [0.1, 0.15) is 0 Å². The van der Waals surface area contributed by atoms with Crippen molar-refractivity contribution in [3.63, 3.8) is 0 Å². The lowest BCUT2D eigenvalue weighted by atomic mass is 10.5. The molecule has 4 nitrogen and oxygen atoms in total. The minimum Gasteiger partial charge on any atom is -0.383 e. The summed E-state index contributed by atoms with van der Waals surface area (Å²) in [6, 6.07) is 0. The molecule has 0 aliphatic rings. The van der Waals surface area contributed by atoms with Gasteiger partial charge in [0.2, 0.25) is 0 Å². The second kappa shape index (κ2) is 3.90. The third-order valence-electron chi connectivity index (χ3n) is 1.13. The van der Waals surface area contributed by atoms with Crippen LogP contribution in [0.25, 0.3) is 0 Å². The maximum absolute atomic E-state index is 4.85. The van der Waals surface area contributed by atoms with E-state index in [-0.39, 0.29) is 0 Å². The SMILES string of the molecule is COCCNc1cn[nH]c1. The van der Waals surface area contributed by atoms with Crippen LogP contribution in [0, 0.1) is 0 Å². The van der Waals surface area contributed by atoms with E-state index in [4.69, 9.17) is 4.74 Å². The van der Waals surface area contributed by atoms with Gasteiger partial charge >= 0.3 is 0 Å². The van der Waals surface area contributed by atoms with Crippen molar-refractivity contribution in [1.29, 1.82) is 0 Å². The Bertz CT molecular complexity index is 162. The summed E-state index contributed by atoms with van der Waals surface area (Å²) in [5, 5.41) is 9.58. The van der Waals surface area contributed by atoms with Crippen molar-refractivity contribution in [2.24, 2.45) is 0 Å². The first-order chi connectivity index (χ1) is 4.93. The van der Waals surface area contributed by atoms with Crippen molar-refractivity contribution in [3.8, 4) is 0 Å². The topological polar surface area (TPSA) is 49.9 Å². The van der Waals surface area contributed by atoms with E-state index in [1.165, 1.54) is 0 Å². The molecule has 0 atom stereocenters. The molecule has 2 N–H and O–H groups in total. The molecule has 1 aromatic heterocycles. The fourth-order valence-electron chi connectivity index (χ4n) is 0.645. The molecule has 4 heteroatoms. The zero-order valence-electron chi connectivity index (χ0n) is 5.92. The van der Waals surface area contributed by atoms with Crippen molar-refractivity contribution in [1.82, 2.24) is 10.2 Å². The van der Waals surface area contributed by atoms with Crippen LogP contribution in [0.2, 0.25) is 0 Å². The van der Waals surface area contributed by atoms with Gasteiger partial charge in [-0.25, -0.2) is 0 Å². The summed E-state index contributed by atoms with van der Waals surface area (Å²) < 4.78 is 4.85. The van der Waals surface area contributed by atoms with Gasteiger partial charge in [-0.2, -0.15) is 5.10 Å². The fourth-order valence-corrected chi connectivity index (χ4v) is 0.645. The summed E-state index contributed by atoms with van der Waals surface area (Å²) in [5.74, 6) is 0. The summed E-state index contributed by atoms with van der Waals surface area (Å²) in [4.78, 5) is 0. The number of methoxy groups -OCH3 is 1. The lowest BCUT2D eigenvalue weighted by molar-refractivity contribution is 0.211. The number of anilines is 1. The van der Waals surface area contributed by atoms with Gasteiger partial charge in [-0.1, -0.05) is 0 Å². The summed E-state index contributed by atoms with van der Waals surface area (Å²) in [5.41, 5.74) is 0.997. The monoisotopic (exact) mass is 141 g/mol. The molecule has 0 aromatic carbocycles. The zero-order valence-corrected chi connectivity index (χ0v) is 5.92. The van der Waals surface area contributed by atoms with E-state index in [1.807, 2.05) is 0 Å². The highest BCUT2D eigenvalue weighted by Gasteiger charge is 1.88. The number of H-pyrrole nitrogens is 1. The van der Waals surface area contributed by atoms with Gasteiger partial charge in [-0.05, 0) is 0 Å². The highest BCUT2D eigenvalue weighted by Crippen LogP contribution is 1.98. The fraction of sp³-hybridized carbons (Fsp3) is 0.500. The smallest absolute Gasteiger partial charge is 0.0724 e. The first-order valence-electron chi connectivity index (χ1n) is 3.15. The molecular weight excluding hydrogens is 130 g/mol. The molecule has 0 aliphatic carbocycles. The molecule has 0 saturated heterocycles. The highest BCUT2D eigenvalue weighted by molar-refractivity contribution is 5.37. The Morgan fingerprint density at radius 3 is 3.30 bits per heavy atom. The van der Waals surface area contributed by atoms with Crippen LogP contribution >= 0.6 is 0 Å². The van der Waals surface area contributed by atoms with E-state index >= 15 is 0 Å². The van der Waals surface area contributed by atoms with Crippen molar-refractivity contribution < 1.29 is 4.74 Å². The Morgan fingerprint density at radius 1 is 1.80 bits per heavy atom. The Kier molecular flexibility index (Phi) is 2.76. The van der Waals surface area contributed by atoms with Crippen LogP contribution in [0.4, 0.5) is 5.69 Å². The van der Waals surface area contributed by atoms with E-state index in [0.717, 1.165) is 12.2 Å². The molecule has 56 valence electrons. The third kappa shape index (κ3) is 2.06. The van der Waals surface area contributed by atoms with Crippen molar-refractivity contribution in [2.45, 2.75) is 0 Å². The molecule has 0 radical (unpaired) electrons. The van der Waals surface area contributed by atoms with Gasteiger partial charge in [-0.15, -0.1) is 0 Å². The van der Waals surface area contributed by atoms with E-state index in [1.54, 1.807) is 19.5 Å². The van der Waals surface area contributed by atoms with Gasteiger partial charge in [0.05, 0.1) is 18.5 Å². The van der Waals surface area contributed by atoms with E-state index < -0.39 is 0 Å². The van der Waals surface area contributed by atoms with Crippen LogP contribution < -0.4 is 5.32 Å². The first kappa shape index (κ1) is 7.08. The normalized spacial score (nSPS) is 9.70. The van der Waals surface area contributed by atoms with Crippen LogP contribution in [-0.2, 0) is 4.74 Å². The number of ether oxygens (including phenoxy) is 1. The first-order valence-corrected chi connectivity index (χ1v) is 3.15. The van der Waals surface area contributed by atoms with E-state index in [0.29, 0.717) is 6.61 Å².